The number of likely N-dealkylation sites (N-methyl/N-ethyl adjacent to an activating group) is 1. The molecule has 0 amide bonds. The number of hydrogen-bond donors (Lipinski definition) is 2. The molecular formula is C10H13NO3. The van der Waals surface area contributed by atoms with Crippen LogP contribution in [0.2, 0.25) is 0 Å². The molecule has 0 aliphatic rings. The first kappa shape index (κ1) is 10.4. The van der Waals surface area contributed by atoms with Gasteiger partial charge in [-0.3, -0.25) is 0 Å². The number of anilines is 1. The molecule has 0 spiro atoms. The van der Waals surface area contributed by atoms with Crippen molar-refractivity contribution in [2.75, 3.05) is 11.9 Å². The van der Waals surface area contributed by atoms with E-state index < -0.39 is 12.0 Å². The topological polar surface area (TPSA) is 60.8 Å². The van der Waals surface area contributed by atoms with E-state index in [-0.39, 0.29) is 5.75 Å². The van der Waals surface area contributed by atoms with Crippen LogP contribution in [0.4, 0.5) is 5.69 Å². The minimum absolute atomic E-state index is 0.171. The summed E-state index contributed by atoms with van der Waals surface area (Å²) < 4.78 is 0. The second kappa shape index (κ2) is 4.00. The maximum atomic E-state index is 10.7. The Morgan fingerprint density at radius 1 is 1.36 bits per heavy atom. The first-order valence-electron chi connectivity index (χ1n) is 4.27. The van der Waals surface area contributed by atoms with E-state index in [0.717, 1.165) is 5.69 Å². The van der Waals surface area contributed by atoms with Crippen LogP contribution in [-0.2, 0) is 4.79 Å². The fourth-order valence-corrected chi connectivity index (χ4v) is 1.08. The lowest BCUT2D eigenvalue weighted by atomic mass is 10.2. The van der Waals surface area contributed by atoms with Gasteiger partial charge in [0.15, 0.2) is 0 Å². The molecule has 0 heterocycles. The summed E-state index contributed by atoms with van der Waals surface area (Å²) in [5.74, 6) is -0.703. The predicted octanol–water partition coefficient (Wildman–Crippen LogP) is 1.30. The van der Waals surface area contributed by atoms with Gasteiger partial charge in [-0.05, 0) is 31.2 Å². The van der Waals surface area contributed by atoms with E-state index in [9.17, 15) is 4.79 Å². The molecule has 0 aliphatic carbocycles. The standard InChI is InChI=1S/C10H13NO3/c1-7(10(13)14)11(2)8-3-5-9(12)6-4-8/h3-7,12H,1-2H3,(H,13,14). The monoisotopic (exact) mass is 195 g/mol. The van der Waals surface area contributed by atoms with Crippen LogP contribution in [0.3, 0.4) is 0 Å². The minimum atomic E-state index is -0.874. The molecule has 0 aliphatic heterocycles. The number of phenols is 1. The van der Waals surface area contributed by atoms with Gasteiger partial charge in [0.2, 0.25) is 0 Å². The smallest absolute Gasteiger partial charge is 0.326 e. The number of rotatable bonds is 3. The summed E-state index contributed by atoms with van der Waals surface area (Å²) in [7, 11) is 1.70. The van der Waals surface area contributed by atoms with Gasteiger partial charge in [-0.25, -0.2) is 4.79 Å². The first-order valence-corrected chi connectivity index (χ1v) is 4.27. The van der Waals surface area contributed by atoms with Gasteiger partial charge < -0.3 is 15.1 Å². The Balaban J connectivity index is 2.84. The summed E-state index contributed by atoms with van der Waals surface area (Å²) in [4.78, 5) is 12.3. The van der Waals surface area contributed by atoms with E-state index >= 15 is 0 Å². The van der Waals surface area contributed by atoms with Crippen LogP contribution in [0.15, 0.2) is 24.3 Å². The van der Waals surface area contributed by atoms with E-state index in [0.29, 0.717) is 0 Å². The normalized spacial score (nSPS) is 12.1. The number of aromatic hydroxyl groups is 1. The molecule has 76 valence electrons. The molecule has 0 saturated heterocycles. The van der Waals surface area contributed by atoms with E-state index in [1.54, 1.807) is 31.0 Å². The predicted molar refractivity (Wildman–Crippen MR) is 53.6 cm³/mol. The first-order chi connectivity index (χ1) is 6.52. The summed E-state index contributed by atoms with van der Waals surface area (Å²) in [6, 6.07) is 5.82. The summed E-state index contributed by atoms with van der Waals surface area (Å²) in [5, 5.41) is 17.8. The molecule has 1 rings (SSSR count). The van der Waals surface area contributed by atoms with Gasteiger partial charge in [0.05, 0.1) is 0 Å². The highest BCUT2D eigenvalue weighted by Gasteiger charge is 2.16. The lowest BCUT2D eigenvalue weighted by Gasteiger charge is -2.23. The van der Waals surface area contributed by atoms with E-state index in [4.69, 9.17) is 10.2 Å². The van der Waals surface area contributed by atoms with Crippen molar-refractivity contribution in [1.29, 1.82) is 0 Å². The highest BCUT2D eigenvalue weighted by Crippen LogP contribution is 2.18. The van der Waals surface area contributed by atoms with Gasteiger partial charge in [0.25, 0.3) is 0 Å². The number of carboxylic acids is 1. The Morgan fingerprint density at radius 2 is 1.86 bits per heavy atom. The molecule has 2 N–H and O–H groups in total. The third-order valence-corrected chi connectivity index (χ3v) is 2.20. The highest BCUT2D eigenvalue weighted by atomic mass is 16.4. The van der Waals surface area contributed by atoms with Gasteiger partial charge >= 0.3 is 5.97 Å². The van der Waals surface area contributed by atoms with E-state index in [2.05, 4.69) is 0 Å². The minimum Gasteiger partial charge on any atom is -0.508 e. The number of hydrogen-bond acceptors (Lipinski definition) is 3. The molecule has 0 aromatic heterocycles. The lowest BCUT2D eigenvalue weighted by molar-refractivity contribution is -0.138. The van der Waals surface area contributed by atoms with Crippen molar-refractivity contribution < 1.29 is 15.0 Å². The zero-order chi connectivity index (χ0) is 10.7. The molecule has 1 unspecified atom stereocenters. The maximum Gasteiger partial charge on any atom is 0.326 e. The van der Waals surface area contributed by atoms with Crippen LogP contribution in [0, 0.1) is 0 Å². The molecule has 1 aromatic carbocycles. The van der Waals surface area contributed by atoms with Gasteiger partial charge in [0, 0.05) is 12.7 Å². The Labute approximate surface area is 82.4 Å². The van der Waals surface area contributed by atoms with Crippen LogP contribution < -0.4 is 4.90 Å². The number of carboxylic acid groups (broad SMARTS) is 1. The molecule has 0 bridgehead atoms. The second-order valence-corrected chi connectivity index (χ2v) is 3.14. The van der Waals surface area contributed by atoms with Crippen LogP contribution >= 0.6 is 0 Å². The van der Waals surface area contributed by atoms with Gasteiger partial charge in [-0.1, -0.05) is 0 Å². The van der Waals surface area contributed by atoms with Crippen LogP contribution in [0.25, 0.3) is 0 Å². The molecular weight excluding hydrogens is 182 g/mol. The van der Waals surface area contributed by atoms with Crippen LogP contribution in [-0.4, -0.2) is 29.3 Å². The lowest BCUT2D eigenvalue weighted by Crippen LogP contribution is -2.35. The van der Waals surface area contributed by atoms with Gasteiger partial charge in [0.1, 0.15) is 11.8 Å². The molecule has 0 radical (unpaired) electrons. The zero-order valence-corrected chi connectivity index (χ0v) is 8.14. The van der Waals surface area contributed by atoms with Crippen molar-refractivity contribution in [3.05, 3.63) is 24.3 Å². The third kappa shape index (κ3) is 2.16. The second-order valence-electron chi connectivity index (χ2n) is 3.14. The van der Waals surface area contributed by atoms with Crippen molar-refractivity contribution >= 4 is 11.7 Å². The molecule has 0 fully saturated rings. The number of phenolic OH excluding ortho intramolecular Hbond substituents is 1. The Morgan fingerprint density at radius 3 is 2.29 bits per heavy atom. The molecule has 4 heteroatoms. The van der Waals surface area contributed by atoms with Gasteiger partial charge in [-0.15, -0.1) is 0 Å². The number of carbonyl (C=O) groups is 1. The van der Waals surface area contributed by atoms with Crippen molar-refractivity contribution in [1.82, 2.24) is 0 Å². The summed E-state index contributed by atoms with van der Waals surface area (Å²) in [6.07, 6.45) is 0. The van der Waals surface area contributed by atoms with Crippen molar-refractivity contribution in [3.8, 4) is 5.75 Å². The largest absolute Gasteiger partial charge is 0.508 e. The fourth-order valence-electron chi connectivity index (χ4n) is 1.08. The Hall–Kier alpha value is -1.71. The molecule has 1 atom stereocenters. The highest BCUT2D eigenvalue weighted by molar-refractivity contribution is 5.77. The summed E-state index contributed by atoms with van der Waals surface area (Å²) in [6.45, 7) is 1.61. The SMILES string of the molecule is CC(C(=O)O)N(C)c1ccc(O)cc1. The molecule has 4 nitrogen and oxygen atoms in total. The average Bonchev–Trinajstić information content (AvgIpc) is 2.16. The van der Waals surface area contributed by atoms with Crippen LogP contribution in [0.1, 0.15) is 6.92 Å². The molecule has 0 saturated carbocycles. The average molecular weight is 195 g/mol. The number of benzene rings is 1. The summed E-state index contributed by atoms with van der Waals surface area (Å²) >= 11 is 0. The molecule has 14 heavy (non-hydrogen) atoms. The van der Waals surface area contributed by atoms with Crippen molar-refractivity contribution in [3.63, 3.8) is 0 Å². The molecule has 1 aromatic rings. The number of nitrogens with zero attached hydrogens (tertiary/aromatic N) is 1. The fraction of sp³-hybridized carbons (Fsp3) is 0.300. The number of aliphatic carboxylic acids is 1. The van der Waals surface area contributed by atoms with Crippen LogP contribution in [0.5, 0.6) is 5.75 Å². The Kier molecular flexibility index (Phi) is 2.96. The van der Waals surface area contributed by atoms with Gasteiger partial charge in [-0.2, -0.15) is 0 Å². The quantitative estimate of drug-likeness (QED) is 0.763. The zero-order valence-electron chi connectivity index (χ0n) is 8.14. The maximum absolute atomic E-state index is 10.7. The third-order valence-electron chi connectivity index (χ3n) is 2.20. The van der Waals surface area contributed by atoms with E-state index in [1.807, 2.05) is 0 Å². The van der Waals surface area contributed by atoms with Crippen molar-refractivity contribution in [2.45, 2.75) is 13.0 Å². The Bertz CT molecular complexity index is 321. The van der Waals surface area contributed by atoms with E-state index in [1.165, 1.54) is 12.1 Å². The summed E-state index contributed by atoms with van der Waals surface area (Å²) in [5.41, 5.74) is 0.762. The van der Waals surface area contributed by atoms with Crippen molar-refractivity contribution in [2.24, 2.45) is 0 Å².